The molecule has 0 saturated carbocycles. The lowest BCUT2D eigenvalue weighted by Crippen LogP contribution is -3.00. The molecule has 1 heterocycles. The van der Waals surface area contributed by atoms with Crippen molar-refractivity contribution in [3.63, 3.8) is 0 Å². The van der Waals surface area contributed by atoms with Gasteiger partial charge in [-0.25, -0.2) is 0 Å². The highest BCUT2D eigenvalue weighted by Gasteiger charge is 2.17. The Labute approximate surface area is 110 Å². The molecule has 76 valence electrons. The Morgan fingerprint density at radius 1 is 1.38 bits per heavy atom. The van der Waals surface area contributed by atoms with E-state index < -0.39 is 0 Å². The van der Waals surface area contributed by atoms with Crippen LogP contribution >= 0.6 is 27.3 Å². The fourth-order valence-corrected chi connectivity index (χ4v) is 3.01. The van der Waals surface area contributed by atoms with Gasteiger partial charge in [0.15, 0.2) is 0 Å². The summed E-state index contributed by atoms with van der Waals surface area (Å²) in [7, 11) is 0. The Morgan fingerprint density at radius 2 is 2.00 bits per heavy atom. The molecule has 0 aliphatic heterocycles. The normalized spacial score (nSPS) is 9.85. The lowest BCUT2D eigenvalue weighted by atomic mass is 10.3. The Balaban J connectivity index is 0.00000144. The average Bonchev–Trinajstić information content (AvgIpc) is 2.25. The molecular weight excluding hydrogens is 361 g/mol. The zero-order chi connectivity index (χ0) is 9.14. The van der Waals surface area contributed by atoms with E-state index in [9.17, 15) is 0 Å². The van der Waals surface area contributed by atoms with Crippen LogP contribution in [-0.4, -0.2) is 0 Å². The molecule has 4 heteroatoms. The molecule has 0 bridgehead atoms. The Bertz CT molecular complexity index is 273. The largest absolute Gasteiger partial charge is 1.00 e. The molecule has 0 radical (unpaired) electrons. The number of hydrogen-bond acceptors (Lipinski definition) is 1. The maximum atomic E-state index is 3.56. The Morgan fingerprint density at radius 3 is 2.38 bits per heavy atom. The molecule has 13 heavy (non-hydrogen) atoms. The second-order valence-electron chi connectivity index (χ2n) is 2.99. The standard InChI is InChI=1S/C9H15BrNS.HI/c1-4-5-6-11-7(2)9(10)12-8(11)3;/h4-6H2,1-3H3;1H/q+1;/p-1. The van der Waals surface area contributed by atoms with Crippen LogP contribution in [0.4, 0.5) is 0 Å². The van der Waals surface area contributed by atoms with Gasteiger partial charge in [-0.2, -0.15) is 4.57 Å². The lowest BCUT2D eigenvalue weighted by Gasteiger charge is -1.94. The smallest absolute Gasteiger partial charge is 0.235 e. The molecule has 0 aliphatic carbocycles. The molecule has 1 nitrogen and oxygen atoms in total. The number of thiazole rings is 1. The predicted octanol–water partition coefficient (Wildman–Crippen LogP) is 0.219. The molecular formula is C9H15BrINS. The van der Waals surface area contributed by atoms with Crippen LogP contribution in [0.3, 0.4) is 0 Å². The molecule has 0 fully saturated rings. The molecule has 0 atom stereocenters. The second kappa shape index (κ2) is 6.35. The number of hydrogen-bond donors (Lipinski definition) is 0. The van der Waals surface area contributed by atoms with Gasteiger partial charge in [-0.3, -0.25) is 0 Å². The van der Waals surface area contributed by atoms with E-state index in [1.165, 1.54) is 27.3 Å². The van der Waals surface area contributed by atoms with Gasteiger partial charge in [0.05, 0.1) is 0 Å². The van der Waals surface area contributed by atoms with Crippen LogP contribution in [-0.2, 0) is 6.54 Å². The summed E-state index contributed by atoms with van der Waals surface area (Å²) in [5.74, 6) is 0. The highest BCUT2D eigenvalue weighted by atomic mass is 127. The molecule has 0 saturated heterocycles. The molecule has 0 N–H and O–H groups in total. The van der Waals surface area contributed by atoms with Crippen LogP contribution in [0.1, 0.15) is 30.5 Å². The van der Waals surface area contributed by atoms with Crippen LogP contribution in [0.15, 0.2) is 3.79 Å². The van der Waals surface area contributed by atoms with Gasteiger partial charge in [0.1, 0.15) is 10.3 Å². The van der Waals surface area contributed by atoms with Crippen LogP contribution in [0.2, 0.25) is 0 Å². The average molecular weight is 376 g/mol. The number of aromatic nitrogens is 1. The number of nitrogens with zero attached hydrogens (tertiary/aromatic N) is 1. The first-order chi connectivity index (χ1) is 5.66. The zero-order valence-electron chi connectivity index (χ0n) is 8.23. The number of rotatable bonds is 3. The first kappa shape index (κ1) is 13.8. The minimum absolute atomic E-state index is 0. The highest BCUT2D eigenvalue weighted by Crippen LogP contribution is 2.21. The zero-order valence-corrected chi connectivity index (χ0v) is 12.8. The molecule has 0 spiro atoms. The highest BCUT2D eigenvalue weighted by molar-refractivity contribution is 9.11. The molecule has 0 unspecified atom stereocenters. The van der Waals surface area contributed by atoms with Crippen molar-refractivity contribution in [1.82, 2.24) is 0 Å². The molecule has 1 aromatic rings. The van der Waals surface area contributed by atoms with Crippen molar-refractivity contribution in [3.05, 3.63) is 14.5 Å². The molecule has 1 rings (SSSR count). The first-order valence-corrected chi connectivity index (χ1v) is 5.93. The topological polar surface area (TPSA) is 3.88 Å². The summed E-state index contributed by atoms with van der Waals surface area (Å²) < 4.78 is 3.66. The second-order valence-corrected chi connectivity index (χ2v) is 5.51. The van der Waals surface area contributed by atoms with Gasteiger partial charge in [-0.15, -0.1) is 0 Å². The van der Waals surface area contributed by atoms with Crippen molar-refractivity contribution < 1.29 is 28.5 Å². The minimum Gasteiger partial charge on any atom is -1.00 e. The predicted molar refractivity (Wildman–Crippen MR) is 56.6 cm³/mol. The van der Waals surface area contributed by atoms with Crippen LogP contribution in [0.5, 0.6) is 0 Å². The third kappa shape index (κ3) is 3.47. The van der Waals surface area contributed by atoms with Crippen molar-refractivity contribution in [2.75, 3.05) is 0 Å². The van der Waals surface area contributed by atoms with Gasteiger partial charge in [0.2, 0.25) is 10.7 Å². The van der Waals surface area contributed by atoms with Gasteiger partial charge < -0.3 is 24.0 Å². The molecule has 0 aliphatic rings. The van der Waals surface area contributed by atoms with E-state index in [0.29, 0.717) is 0 Å². The fraction of sp³-hybridized carbons (Fsp3) is 0.667. The first-order valence-electron chi connectivity index (χ1n) is 4.32. The summed E-state index contributed by atoms with van der Waals surface area (Å²) in [5, 5.41) is 1.40. The van der Waals surface area contributed by atoms with Crippen molar-refractivity contribution in [2.24, 2.45) is 0 Å². The van der Waals surface area contributed by atoms with Crippen molar-refractivity contribution in [3.8, 4) is 0 Å². The van der Waals surface area contributed by atoms with Crippen LogP contribution < -0.4 is 28.5 Å². The minimum atomic E-state index is 0. The molecule has 0 amide bonds. The Kier molecular flexibility index (Phi) is 6.76. The van der Waals surface area contributed by atoms with E-state index in [-0.39, 0.29) is 24.0 Å². The van der Waals surface area contributed by atoms with Gasteiger partial charge >= 0.3 is 0 Å². The number of aryl methyl sites for hydroxylation is 1. The van der Waals surface area contributed by atoms with Crippen molar-refractivity contribution in [2.45, 2.75) is 40.2 Å². The Hall–Kier alpha value is 0.840. The quantitative estimate of drug-likeness (QED) is 0.525. The van der Waals surface area contributed by atoms with Gasteiger partial charge in [0.25, 0.3) is 0 Å². The van der Waals surface area contributed by atoms with E-state index in [4.69, 9.17) is 0 Å². The van der Waals surface area contributed by atoms with E-state index in [1.807, 2.05) is 11.3 Å². The lowest BCUT2D eigenvalue weighted by molar-refractivity contribution is -0.704. The third-order valence-corrected chi connectivity index (χ3v) is 4.09. The van der Waals surface area contributed by atoms with E-state index in [2.05, 4.69) is 41.3 Å². The van der Waals surface area contributed by atoms with Gasteiger partial charge in [-0.1, -0.05) is 24.7 Å². The van der Waals surface area contributed by atoms with E-state index >= 15 is 0 Å². The number of halogens is 2. The van der Waals surface area contributed by atoms with Gasteiger partial charge in [0, 0.05) is 20.3 Å². The van der Waals surface area contributed by atoms with Crippen molar-refractivity contribution in [1.29, 1.82) is 0 Å². The maximum absolute atomic E-state index is 3.56. The summed E-state index contributed by atoms with van der Waals surface area (Å²) in [5.41, 5.74) is 1.37. The summed E-state index contributed by atoms with van der Waals surface area (Å²) in [4.78, 5) is 0. The maximum Gasteiger partial charge on any atom is 0.235 e. The van der Waals surface area contributed by atoms with Crippen molar-refractivity contribution >= 4 is 27.3 Å². The molecule has 1 aromatic heterocycles. The monoisotopic (exact) mass is 375 g/mol. The SMILES string of the molecule is CCCC[n+]1c(C)sc(Br)c1C.[I-]. The summed E-state index contributed by atoms with van der Waals surface area (Å²) in [6, 6.07) is 0. The van der Waals surface area contributed by atoms with Crippen LogP contribution in [0, 0.1) is 13.8 Å². The summed E-state index contributed by atoms with van der Waals surface area (Å²) in [6.07, 6.45) is 2.54. The van der Waals surface area contributed by atoms with Crippen LogP contribution in [0.25, 0.3) is 0 Å². The van der Waals surface area contributed by atoms with Gasteiger partial charge in [-0.05, 0) is 15.9 Å². The summed E-state index contributed by atoms with van der Waals surface area (Å²) >= 11 is 5.38. The van der Waals surface area contributed by atoms with E-state index in [0.717, 1.165) is 6.54 Å². The third-order valence-electron chi connectivity index (χ3n) is 2.04. The van der Waals surface area contributed by atoms with E-state index in [1.54, 1.807) is 0 Å². The number of unbranched alkanes of at least 4 members (excludes halogenated alkanes) is 1. The fourth-order valence-electron chi connectivity index (χ4n) is 1.24. The molecule has 0 aromatic carbocycles. The summed E-state index contributed by atoms with van der Waals surface area (Å²) in [6.45, 7) is 7.74.